The van der Waals surface area contributed by atoms with Crippen molar-refractivity contribution < 1.29 is 0 Å². The minimum Gasteiger partial charge on any atom is -0.330 e. The van der Waals surface area contributed by atoms with Crippen molar-refractivity contribution in [2.75, 3.05) is 6.54 Å². The summed E-state index contributed by atoms with van der Waals surface area (Å²) < 4.78 is 1.98. The highest BCUT2D eigenvalue weighted by Crippen LogP contribution is 2.14. The van der Waals surface area contributed by atoms with Gasteiger partial charge in [0.15, 0.2) is 0 Å². The lowest BCUT2D eigenvalue weighted by molar-refractivity contribution is 0.436. The van der Waals surface area contributed by atoms with Crippen molar-refractivity contribution in [2.24, 2.45) is 18.7 Å². The Morgan fingerprint density at radius 2 is 2.29 bits per heavy atom. The van der Waals surface area contributed by atoms with Crippen LogP contribution < -0.4 is 5.73 Å². The molecule has 0 radical (unpaired) electrons. The van der Waals surface area contributed by atoms with Gasteiger partial charge in [0.2, 0.25) is 0 Å². The fraction of sp³-hybridized carbons (Fsp3) is 0.800. The molecule has 1 heterocycles. The summed E-state index contributed by atoms with van der Waals surface area (Å²) in [7, 11) is 1.99. The molecule has 0 fully saturated rings. The van der Waals surface area contributed by atoms with Crippen LogP contribution in [0.25, 0.3) is 0 Å². The molecule has 0 saturated carbocycles. The Bertz CT molecular complexity index is 256. The standard InChI is InChI=1S/C10H20N4/c1-3-9(6-7-11)4-5-10-13-12-8-14(10)2/h8-9H,3-7,11H2,1-2H3. The van der Waals surface area contributed by atoms with Crippen LogP contribution in [0.1, 0.15) is 32.0 Å². The van der Waals surface area contributed by atoms with E-state index < -0.39 is 0 Å². The third kappa shape index (κ3) is 3.10. The molecule has 0 saturated heterocycles. The molecule has 0 aliphatic heterocycles. The van der Waals surface area contributed by atoms with E-state index >= 15 is 0 Å². The third-order valence-corrected chi connectivity index (χ3v) is 2.73. The summed E-state index contributed by atoms with van der Waals surface area (Å²) in [5.41, 5.74) is 5.55. The molecule has 0 aliphatic rings. The summed E-state index contributed by atoms with van der Waals surface area (Å²) in [6.07, 6.45) is 6.25. The Labute approximate surface area is 85.5 Å². The van der Waals surface area contributed by atoms with Gasteiger partial charge in [-0.15, -0.1) is 10.2 Å². The normalized spacial score (nSPS) is 13.1. The van der Waals surface area contributed by atoms with E-state index in [4.69, 9.17) is 5.73 Å². The van der Waals surface area contributed by atoms with Crippen molar-refractivity contribution in [3.63, 3.8) is 0 Å². The molecule has 1 aromatic heterocycles. The quantitative estimate of drug-likeness (QED) is 0.742. The van der Waals surface area contributed by atoms with Gasteiger partial charge in [0.05, 0.1) is 0 Å². The fourth-order valence-electron chi connectivity index (χ4n) is 1.65. The largest absolute Gasteiger partial charge is 0.330 e. The number of nitrogens with zero attached hydrogens (tertiary/aromatic N) is 3. The molecule has 1 aromatic rings. The molecule has 0 aromatic carbocycles. The Balaban J connectivity index is 2.35. The first-order valence-corrected chi connectivity index (χ1v) is 5.30. The molecule has 4 nitrogen and oxygen atoms in total. The highest BCUT2D eigenvalue weighted by atomic mass is 15.2. The van der Waals surface area contributed by atoms with E-state index in [0.717, 1.165) is 31.1 Å². The van der Waals surface area contributed by atoms with E-state index in [-0.39, 0.29) is 0 Å². The second-order valence-corrected chi connectivity index (χ2v) is 3.75. The third-order valence-electron chi connectivity index (χ3n) is 2.73. The van der Waals surface area contributed by atoms with Crippen LogP contribution in [0.5, 0.6) is 0 Å². The van der Waals surface area contributed by atoms with Gasteiger partial charge >= 0.3 is 0 Å². The number of hydrogen-bond acceptors (Lipinski definition) is 3. The molecule has 14 heavy (non-hydrogen) atoms. The van der Waals surface area contributed by atoms with Gasteiger partial charge < -0.3 is 10.3 Å². The lowest BCUT2D eigenvalue weighted by Gasteiger charge is -2.12. The lowest BCUT2D eigenvalue weighted by Crippen LogP contribution is -2.10. The smallest absolute Gasteiger partial charge is 0.132 e. The van der Waals surface area contributed by atoms with Crippen LogP contribution in [0.3, 0.4) is 0 Å². The maximum Gasteiger partial charge on any atom is 0.132 e. The second-order valence-electron chi connectivity index (χ2n) is 3.75. The summed E-state index contributed by atoms with van der Waals surface area (Å²) >= 11 is 0. The van der Waals surface area contributed by atoms with Gasteiger partial charge in [-0.3, -0.25) is 0 Å². The van der Waals surface area contributed by atoms with E-state index in [2.05, 4.69) is 17.1 Å². The fourth-order valence-corrected chi connectivity index (χ4v) is 1.65. The van der Waals surface area contributed by atoms with Crippen molar-refractivity contribution in [3.05, 3.63) is 12.2 Å². The lowest BCUT2D eigenvalue weighted by atomic mass is 9.96. The van der Waals surface area contributed by atoms with Crippen molar-refractivity contribution in [1.82, 2.24) is 14.8 Å². The summed E-state index contributed by atoms with van der Waals surface area (Å²) in [5, 5.41) is 7.92. The average molecular weight is 196 g/mol. The first-order valence-electron chi connectivity index (χ1n) is 5.30. The predicted octanol–water partition coefficient (Wildman–Crippen LogP) is 1.12. The molecule has 80 valence electrons. The first kappa shape index (κ1) is 11.2. The topological polar surface area (TPSA) is 56.7 Å². The number of aromatic nitrogens is 3. The van der Waals surface area contributed by atoms with Gasteiger partial charge in [-0.05, 0) is 25.3 Å². The molecule has 4 heteroatoms. The Kier molecular flexibility index (Phi) is 4.59. The molecule has 0 amide bonds. The van der Waals surface area contributed by atoms with Gasteiger partial charge in [0.25, 0.3) is 0 Å². The number of nitrogens with two attached hydrogens (primary N) is 1. The van der Waals surface area contributed by atoms with E-state index in [9.17, 15) is 0 Å². The molecule has 1 unspecified atom stereocenters. The molecular formula is C10H20N4. The SMILES string of the molecule is CCC(CCN)CCc1nncn1C. The van der Waals surface area contributed by atoms with Gasteiger partial charge in [0, 0.05) is 13.5 Å². The maximum absolute atomic E-state index is 5.55. The number of rotatable bonds is 6. The summed E-state index contributed by atoms with van der Waals surface area (Å²) in [4.78, 5) is 0. The zero-order chi connectivity index (χ0) is 10.4. The zero-order valence-corrected chi connectivity index (χ0v) is 9.11. The van der Waals surface area contributed by atoms with Crippen LogP contribution in [-0.4, -0.2) is 21.3 Å². The highest BCUT2D eigenvalue weighted by molar-refractivity contribution is 4.84. The van der Waals surface area contributed by atoms with Crippen LogP contribution in [0.15, 0.2) is 6.33 Å². The molecule has 0 aliphatic carbocycles. The van der Waals surface area contributed by atoms with Crippen LogP contribution in [-0.2, 0) is 13.5 Å². The van der Waals surface area contributed by atoms with E-state index in [1.54, 1.807) is 6.33 Å². The van der Waals surface area contributed by atoms with E-state index in [1.165, 1.54) is 12.8 Å². The molecular weight excluding hydrogens is 176 g/mol. The van der Waals surface area contributed by atoms with Crippen LogP contribution in [0.2, 0.25) is 0 Å². The van der Waals surface area contributed by atoms with Crippen molar-refractivity contribution in [3.8, 4) is 0 Å². The minimum atomic E-state index is 0.733. The van der Waals surface area contributed by atoms with Crippen molar-refractivity contribution in [2.45, 2.75) is 32.6 Å². The highest BCUT2D eigenvalue weighted by Gasteiger charge is 2.07. The van der Waals surface area contributed by atoms with E-state index in [0.29, 0.717) is 0 Å². The molecule has 0 bridgehead atoms. The Morgan fingerprint density at radius 1 is 1.50 bits per heavy atom. The summed E-state index contributed by atoms with van der Waals surface area (Å²) in [6, 6.07) is 0. The van der Waals surface area contributed by atoms with Gasteiger partial charge in [-0.2, -0.15) is 0 Å². The van der Waals surface area contributed by atoms with Crippen LogP contribution in [0.4, 0.5) is 0 Å². The molecule has 1 atom stereocenters. The summed E-state index contributed by atoms with van der Waals surface area (Å²) in [5.74, 6) is 1.80. The molecule has 1 rings (SSSR count). The maximum atomic E-state index is 5.55. The van der Waals surface area contributed by atoms with Gasteiger partial charge in [-0.1, -0.05) is 13.3 Å². The number of hydrogen-bond donors (Lipinski definition) is 1. The van der Waals surface area contributed by atoms with Crippen LogP contribution in [0, 0.1) is 5.92 Å². The number of aryl methyl sites for hydroxylation is 2. The first-order chi connectivity index (χ1) is 6.77. The summed E-state index contributed by atoms with van der Waals surface area (Å²) in [6.45, 7) is 3.01. The minimum absolute atomic E-state index is 0.733. The van der Waals surface area contributed by atoms with Crippen LogP contribution >= 0.6 is 0 Å². The average Bonchev–Trinajstić information content (AvgIpc) is 2.59. The van der Waals surface area contributed by atoms with Gasteiger partial charge in [-0.25, -0.2) is 0 Å². The molecule has 0 spiro atoms. The van der Waals surface area contributed by atoms with Crippen molar-refractivity contribution in [1.29, 1.82) is 0 Å². The monoisotopic (exact) mass is 196 g/mol. The second kappa shape index (κ2) is 5.75. The Morgan fingerprint density at radius 3 is 2.79 bits per heavy atom. The van der Waals surface area contributed by atoms with E-state index in [1.807, 2.05) is 11.6 Å². The van der Waals surface area contributed by atoms with Gasteiger partial charge in [0.1, 0.15) is 12.2 Å². The zero-order valence-electron chi connectivity index (χ0n) is 9.11. The predicted molar refractivity (Wildman–Crippen MR) is 56.8 cm³/mol. The van der Waals surface area contributed by atoms with Crippen molar-refractivity contribution >= 4 is 0 Å². The Hall–Kier alpha value is -0.900. The molecule has 2 N–H and O–H groups in total.